The summed E-state index contributed by atoms with van der Waals surface area (Å²) >= 11 is 0. The van der Waals surface area contributed by atoms with Crippen LogP contribution in [-0.2, 0) is 4.74 Å². The molecule has 0 aliphatic heterocycles. The summed E-state index contributed by atoms with van der Waals surface area (Å²) in [4.78, 5) is 20.4. The molecule has 0 bridgehead atoms. The second-order valence-electron chi connectivity index (χ2n) is 6.47. The van der Waals surface area contributed by atoms with Crippen LogP contribution in [0.2, 0.25) is 0 Å². The van der Waals surface area contributed by atoms with Crippen molar-refractivity contribution in [1.29, 1.82) is 0 Å². The smallest absolute Gasteiger partial charge is 0.407 e. The Bertz CT molecular complexity index is 728. The molecule has 25 heavy (non-hydrogen) atoms. The van der Waals surface area contributed by atoms with Crippen molar-refractivity contribution in [3.05, 3.63) is 24.5 Å². The maximum absolute atomic E-state index is 11.6. The highest BCUT2D eigenvalue weighted by molar-refractivity contribution is 5.90. The monoisotopic (exact) mass is 343 g/mol. The van der Waals surface area contributed by atoms with Gasteiger partial charge in [-0.15, -0.1) is 0 Å². The van der Waals surface area contributed by atoms with Crippen LogP contribution in [0.3, 0.4) is 0 Å². The largest absolute Gasteiger partial charge is 0.450 e. The van der Waals surface area contributed by atoms with Crippen LogP contribution in [0.5, 0.6) is 0 Å². The molecule has 0 saturated heterocycles. The molecule has 1 aromatic heterocycles. The number of nitrogens with one attached hydrogen (secondary N) is 2. The SMILES string of the molecule is CCCOC(=O)NC1CCC(Nc2cc(N)cc3nccnc23)CC1. The van der Waals surface area contributed by atoms with Crippen molar-refractivity contribution in [2.24, 2.45) is 0 Å². The topological polar surface area (TPSA) is 102 Å². The van der Waals surface area contributed by atoms with Crippen LogP contribution in [0, 0.1) is 0 Å². The Balaban J connectivity index is 1.57. The van der Waals surface area contributed by atoms with Gasteiger partial charge in [0, 0.05) is 30.2 Å². The molecule has 2 aromatic rings. The van der Waals surface area contributed by atoms with E-state index in [4.69, 9.17) is 10.5 Å². The van der Waals surface area contributed by atoms with E-state index in [-0.39, 0.29) is 12.1 Å². The molecule has 7 nitrogen and oxygen atoms in total. The number of ether oxygens (including phenoxy) is 1. The highest BCUT2D eigenvalue weighted by Crippen LogP contribution is 2.28. The van der Waals surface area contributed by atoms with Crippen molar-refractivity contribution in [2.75, 3.05) is 17.7 Å². The fraction of sp³-hybridized carbons (Fsp3) is 0.500. The predicted molar refractivity (Wildman–Crippen MR) is 98.4 cm³/mol. The number of anilines is 2. The molecular formula is C18H25N5O2. The summed E-state index contributed by atoms with van der Waals surface area (Å²) in [5.74, 6) is 0. The Morgan fingerprint density at radius 1 is 1.20 bits per heavy atom. The lowest BCUT2D eigenvalue weighted by Crippen LogP contribution is -2.40. The van der Waals surface area contributed by atoms with E-state index in [1.165, 1.54) is 0 Å². The van der Waals surface area contributed by atoms with Crippen LogP contribution < -0.4 is 16.4 Å². The Hall–Kier alpha value is -2.57. The zero-order valence-corrected chi connectivity index (χ0v) is 14.5. The number of carbonyl (C=O) groups is 1. The quantitative estimate of drug-likeness (QED) is 0.721. The molecule has 1 aliphatic carbocycles. The summed E-state index contributed by atoms with van der Waals surface area (Å²) in [6, 6.07) is 4.25. The highest BCUT2D eigenvalue weighted by Gasteiger charge is 2.23. The van der Waals surface area contributed by atoms with E-state index in [0.717, 1.165) is 48.8 Å². The summed E-state index contributed by atoms with van der Waals surface area (Å²) in [5.41, 5.74) is 9.19. The lowest BCUT2D eigenvalue weighted by Gasteiger charge is -2.30. The Morgan fingerprint density at radius 2 is 1.92 bits per heavy atom. The number of rotatable bonds is 5. The van der Waals surface area contributed by atoms with Crippen LogP contribution in [0.15, 0.2) is 24.5 Å². The second-order valence-corrected chi connectivity index (χ2v) is 6.47. The third kappa shape index (κ3) is 4.49. The second kappa shape index (κ2) is 8.00. The number of alkyl carbamates (subject to hydrolysis) is 1. The molecule has 0 atom stereocenters. The number of aromatic nitrogens is 2. The number of hydrogen-bond donors (Lipinski definition) is 3. The van der Waals surface area contributed by atoms with Gasteiger partial charge in [0.25, 0.3) is 0 Å². The van der Waals surface area contributed by atoms with Crippen LogP contribution in [0.4, 0.5) is 16.2 Å². The van der Waals surface area contributed by atoms with Crippen molar-refractivity contribution < 1.29 is 9.53 Å². The highest BCUT2D eigenvalue weighted by atomic mass is 16.5. The number of nitrogens with zero attached hydrogens (tertiary/aromatic N) is 2. The first kappa shape index (κ1) is 17.3. The van der Waals surface area contributed by atoms with Gasteiger partial charge in [-0.1, -0.05) is 6.92 Å². The number of amides is 1. The van der Waals surface area contributed by atoms with E-state index in [1.54, 1.807) is 12.4 Å². The standard InChI is InChI=1S/C18H25N5O2/c1-2-9-25-18(24)23-14-5-3-13(4-6-14)22-16-11-12(19)10-15-17(16)21-8-7-20-15/h7-8,10-11,13-14,22H,2-6,9,19H2,1H3,(H,23,24). The van der Waals surface area contributed by atoms with E-state index in [2.05, 4.69) is 20.6 Å². The fourth-order valence-electron chi connectivity index (χ4n) is 3.21. The molecule has 4 N–H and O–H groups in total. The number of benzene rings is 1. The zero-order valence-electron chi connectivity index (χ0n) is 14.5. The third-order valence-electron chi connectivity index (χ3n) is 4.44. The first-order chi connectivity index (χ1) is 12.2. The summed E-state index contributed by atoms with van der Waals surface area (Å²) < 4.78 is 5.08. The minimum atomic E-state index is -0.310. The van der Waals surface area contributed by atoms with Gasteiger partial charge in [-0.05, 0) is 44.2 Å². The molecule has 0 radical (unpaired) electrons. The summed E-state index contributed by atoms with van der Waals surface area (Å²) in [6.07, 6.45) is 7.66. The zero-order chi connectivity index (χ0) is 17.6. The van der Waals surface area contributed by atoms with E-state index in [0.29, 0.717) is 18.3 Å². The van der Waals surface area contributed by atoms with Crippen molar-refractivity contribution >= 4 is 28.5 Å². The predicted octanol–water partition coefficient (Wildman–Crippen LogP) is 3.07. The van der Waals surface area contributed by atoms with Gasteiger partial charge < -0.3 is 21.1 Å². The molecule has 1 amide bonds. The average Bonchev–Trinajstić information content (AvgIpc) is 2.61. The first-order valence-corrected chi connectivity index (χ1v) is 8.85. The third-order valence-corrected chi connectivity index (χ3v) is 4.44. The minimum absolute atomic E-state index is 0.180. The average molecular weight is 343 g/mol. The number of nitrogens with two attached hydrogens (primary N) is 1. The van der Waals surface area contributed by atoms with Gasteiger partial charge in [0.2, 0.25) is 0 Å². The molecule has 0 spiro atoms. The van der Waals surface area contributed by atoms with Gasteiger partial charge in [0.05, 0.1) is 17.8 Å². The number of carbonyl (C=O) groups excluding carboxylic acids is 1. The molecule has 1 aromatic carbocycles. The molecule has 1 saturated carbocycles. The van der Waals surface area contributed by atoms with Gasteiger partial charge in [-0.25, -0.2) is 4.79 Å². The van der Waals surface area contributed by atoms with Crippen molar-refractivity contribution in [2.45, 2.75) is 51.1 Å². The lowest BCUT2D eigenvalue weighted by atomic mass is 9.91. The molecule has 1 aliphatic rings. The van der Waals surface area contributed by atoms with E-state index in [9.17, 15) is 4.79 Å². The molecule has 1 heterocycles. The summed E-state index contributed by atoms with van der Waals surface area (Å²) in [7, 11) is 0. The van der Waals surface area contributed by atoms with Crippen molar-refractivity contribution in [1.82, 2.24) is 15.3 Å². The molecular weight excluding hydrogens is 318 g/mol. The molecule has 3 rings (SSSR count). The Kier molecular flexibility index (Phi) is 5.53. The Morgan fingerprint density at radius 3 is 2.68 bits per heavy atom. The first-order valence-electron chi connectivity index (χ1n) is 8.85. The Labute approximate surface area is 147 Å². The maximum Gasteiger partial charge on any atom is 0.407 e. The molecule has 0 unspecified atom stereocenters. The molecule has 7 heteroatoms. The van der Waals surface area contributed by atoms with Crippen LogP contribution in [0.1, 0.15) is 39.0 Å². The summed E-state index contributed by atoms with van der Waals surface area (Å²) in [6.45, 7) is 2.45. The van der Waals surface area contributed by atoms with E-state index in [1.807, 2.05) is 19.1 Å². The molecule has 1 fully saturated rings. The fourth-order valence-corrected chi connectivity index (χ4v) is 3.21. The number of hydrogen-bond acceptors (Lipinski definition) is 6. The number of fused-ring (bicyclic) bond motifs is 1. The van der Waals surface area contributed by atoms with Gasteiger partial charge in [-0.3, -0.25) is 9.97 Å². The van der Waals surface area contributed by atoms with Gasteiger partial charge in [-0.2, -0.15) is 0 Å². The van der Waals surface area contributed by atoms with E-state index < -0.39 is 0 Å². The number of nitrogen functional groups attached to an aromatic ring is 1. The normalized spacial score (nSPS) is 20.2. The summed E-state index contributed by atoms with van der Waals surface area (Å²) in [5, 5.41) is 6.49. The van der Waals surface area contributed by atoms with Crippen LogP contribution >= 0.6 is 0 Å². The van der Waals surface area contributed by atoms with Crippen molar-refractivity contribution in [3.63, 3.8) is 0 Å². The van der Waals surface area contributed by atoms with Crippen LogP contribution in [-0.4, -0.2) is 34.8 Å². The minimum Gasteiger partial charge on any atom is -0.450 e. The van der Waals surface area contributed by atoms with Gasteiger partial charge in [0.15, 0.2) is 0 Å². The van der Waals surface area contributed by atoms with E-state index >= 15 is 0 Å². The maximum atomic E-state index is 11.6. The van der Waals surface area contributed by atoms with Gasteiger partial charge in [0.1, 0.15) is 5.52 Å². The lowest BCUT2D eigenvalue weighted by molar-refractivity contribution is 0.139. The van der Waals surface area contributed by atoms with Crippen LogP contribution in [0.25, 0.3) is 11.0 Å². The van der Waals surface area contributed by atoms with Crippen molar-refractivity contribution in [3.8, 4) is 0 Å². The molecule has 134 valence electrons. The van der Waals surface area contributed by atoms with Gasteiger partial charge >= 0.3 is 6.09 Å².